The van der Waals surface area contributed by atoms with Gasteiger partial charge in [-0.1, -0.05) is 23.5 Å². The fraction of sp³-hybridized carbons (Fsp3) is 0.292. The van der Waals surface area contributed by atoms with Gasteiger partial charge in [-0.15, -0.1) is 0 Å². The maximum atomic E-state index is 12.6. The average Bonchev–Trinajstić information content (AvgIpc) is 3.40. The summed E-state index contributed by atoms with van der Waals surface area (Å²) in [5.41, 5.74) is 4.41. The molecule has 5 aromatic rings. The topological polar surface area (TPSA) is 63.6 Å². The number of aryl methyl sites for hydroxylation is 2. The van der Waals surface area contributed by atoms with E-state index in [1.807, 2.05) is 12.1 Å². The van der Waals surface area contributed by atoms with E-state index in [1.165, 1.54) is 4.88 Å². The Bertz CT molecular complexity index is 1460. The molecule has 0 spiro atoms. The molecule has 1 fully saturated rings. The summed E-state index contributed by atoms with van der Waals surface area (Å²) in [6.45, 7) is 8.16. The van der Waals surface area contributed by atoms with Crippen LogP contribution < -0.4 is 9.63 Å². The lowest BCUT2D eigenvalue weighted by molar-refractivity contribution is -0.617. The Morgan fingerprint density at radius 3 is 2.62 bits per heavy atom. The zero-order valence-electron chi connectivity index (χ0n) is 18.2. The van der Waals surface area contributed by atoms with Crippen LogP contribution in [-0.2, 0) is 6.54 Å². The molecule has 0 bridgehead atoms. The van der Waals surface area contributed by atoms with Crippen LogP contribution in [0.15, 0.2) is 48.8 Å². The van der Waals surface area contributed by atoms with Crippen molar-refractivity contribution in [2.75, 3.05) is 31.1 Å². The van der Waals surface area contributed by atoms with Gasteiger partial charge in [0, 0.05) is 37.3 Å². The number of anilines is 1. The fourth-order valence-electron chi connectivity index (χ4n) is 4.58. The third-order valence-corrected chi connectivity index (χ3v) is 7.64. The number of aromatic nitrogens is 4. The minimum atomic E-state index is 0.564. The second-order valence-electron chi connectivity index (χ2n) is 8.44. The Kier molecular flexibility index (Phi) is 4.51. The number of hydrogen-bond donors (Lipinski definition) is 0. The molecule has 0 saturated carbocycles. The first-order chi connectivity index (χ1) is 15.6. The zero-order valence-corrected chi connectivity index (χ0v) is 19.0. The number of nitrogens with zero attached hydrogens (tertiary/aromatic N) is 6. The van der Waals surface area contributed by atoms with Gasteiger partial charge in [-0.2, -0.15) is 0 Å². The molecule has 4 aromatic heterocycles. The van der Waals surface area contributed by atoms with Gasteiger partial charge >= 0.3 is 5.82 Å². The zero-order chi connectivity index (χ0) is 21.8. The molecular weight excluding hydrogens is 420 g/mol. The lowest BCUT2D eigenvalue weighted by Crippen LogP contribution is -2.48. The predicted molar refractivity (Wildman–Crippen MR) is 128 cm³/mol. The summed E-state index contributed by atoms with van der Waals surface area (Å²) in [6, 6.07) is 12.5. The van der Waals surface area contributed by atoms with E-state index in [0.717, 1.165) is 69.1 Å². The van der Waals surface area contributed by atoms with Crippen LogP contribution in [0.4, 0.5) is 5.82 Å². The van der Waals surface area contributed by atoms with Crippen LogP contribution in [0, 0.1) is 19.1 Å². The molecule has 7 nitrogen and oxygen atoms in total. The second kappa shape index (κ2) is 7.43. The van der Waals surface area contributed by atoms with Gasteiger partial charge in [-0.05, 0) is 48.7 Å². The molecule has 0 atom stereocenters. The number of para-hydroxylation sites is 2. The van der Waals surface area contributed by atoms with E-state index >= 15 is 0 Å². The molecule has 8 heteroatoms. The Hall–Kier alpha value is -3.23. The van der Waals surface area contributed by atoms with Gasteiger partial charge < -0.3 is 14.5 Å². The highest BCUT2D eigenvalue weighted by atomic mass is 32.1. The van der Waals surface area contributed by atoms with Gasteiger partial charge in [0.2, 0.25) is 4.83 Å². The van der Waals surface area contributed by atoms with Crippen LogP contribution in [-0.4, -0.2) is 45.4 Å². The molecule has 0 aliphatic carbocycles. The highest BCUT2D eigenvalue weighted by Gasteiger charge is 2.24. The first kappa shape index (κ1) is 19.5. The van der Waals surface area contributed by atoms with E-state index in [2.05, 4.69) is 58.5 Å². The Labute approximate surface area is 189 Å². The largest absolute Gasteiger partial charge is 0.711 e. The third-order valence-electron chi connectivity index (χ3n) is 6.53. The van der Waals surface area contributed by atoms with Crippen molar-refractivity contribution < 1.29 is 4.73 Å². The van der Waals surface area contributed by atoms with Crippen LogP contribution in [0.2, 0.25) is 0 Å². The molecule has 5 heterocycles. The van der Waals surface area contributed by atoms with E-state index in [1.54, 1.807) is 17.5 Å². The van der Waals surface area contributed by atoms with Crippen molar-refractivity contribution in [3.8, 4) is 0 Å². The van der Waals surface area contributed by atoms with E-state index < -0.39 is 0 Å². The third kappa shape index (κ3) is 3.10. The van der Waals surface area contributed by atoms with Crippen LogP contribution in [0.25, 0.3) is 26.8 Å². The summed E-state index contributed by atoms with van der Waals surface area (Å²) >= 11 is 1.66. The first-order valence-electron chi connectivity index (χ1n) is 10.9. The summed E-state index contributed by atoms with van der Waals surface area (Å²) in [4.78, 5) is 16.5. The van der Waals surface area contributed by atoms with Crippen molar-refractivity contribution in [3.63, 3.8) is 0 Å². The molecular formula is C24H24N6OS. The molecule has 0 N–H and O–H groups in total. The normalized spacial score (nSPS) is 15.4. The van der Waals surface area contributed by atoms with Crippen molar-refractivity contribution >= 4 is 43.9 Å². The quantitative estimate of drug-likeness (QED) is 0.314. The number of thiophene rings is 1. The molecule has 1 aromatic carbocycles. The van der Waals surface area contributed by atoms with Crippen molar-refractivity contribution in [2.45, 2.75) is 20.4 Å². The molecule has 1 aliphatic rings. The van der Waals surface area contributed by atoms with Gasteiger partial charge in [0.15, 0.2) is 5.82 Å². The molecule has 1 aliphatic heterocycles. The lowest BCUT2D eigenvalue weighted by atomic mass is 10.2. The van der Waals surface area contributed by atoms with Crippen molar-refractivity contribution in [1.82, 2.24) is 19.3 Å². The maximum Gasteiger partial charge on any atom is 0.317 e. The number of benzene rings is 1. The van der Waals surface area contributed by atoms with Gasteiger partial charge in [0.05, 0.1) is 21.9 Å². The van der Waals surface area contributed by atoms with Gasteiger partial charge in [0.25, 0.3) is 0 Å². The Balaban J connectivity index is 1.23. The standard InChI is InChI=1S/C24H24N6OS/c1-16-17(2)32-24-18(16)14-30(31)22(26-24)15-27-10-12-28(13-11-27)23-21-8-5-9-29(21)20-7-4-3-6-19(20)25-23/h3-9,14H,10-13,15H2,1-2H3. The number of piperazine rings is 1. The predicted octanol–water partition coefficient (Wildman–Crippen LogP) is 3.67. The van der Waals surface area contributed by atoms with Crippen LogP contribution in [0.5, 0.6) is 0 Å². The van der Waals surface area contributed by atoms with Crippen molar-refractivity contribution in [3.05, 3.63) is 70.3 Å². The average molecular weight is 445 g/mol. The Morgan fingerprint density at radius 1 is 1.00 bits per heavy atom. The minimum absolute atomic E-state index is 0.564. The van der Waals surface area contributed by atoms with Gasteiger partial charge in [-0.3, -0.25) is 4.90 Å². The first-order valence-corrected chi connectivity index (χ1v) is 11.7. The fourth-order valence-corrected chi connectivity index (χ4v) is 5.60. The van der Waals surface area contributed by atoms with E-state index in [4.69, 9.17) is 9.97 Å². The van der Waals surface area contributed by atoms with Crippen LogP contribution >= 0.6 is 11.3 Å². The molecule has 32 heavy (non-hydrogen) atoms. The smallest absolute Gasteiger partial charge is 0.317 e. The number of fused-ring (bicyclic) bond motifs is 4. The molecule has 162 valence electrons. The molecule has 0 amide bonds. The number of rotatable bonds is 3. The molecule has 1 saturated heterocycles. The molecule has 0 unspecified atom stereocenters. The maximum absolute atomic E-state index is 12.6. The van der Waals surface area contributed by atoms with Crippen LogP contribution in [0.1, 0.15) is 16.3 Å². The van der Waals surface area contributed by atoms with E-state index in [-0.39, 0.29) is 0 Å². The van der Waals surface area contributed by atoms with Crippen molar-refractivity contribution in [1.29, 1.82) is 0 Å². The summed E-state index contributed by atoms with van der Waals surface area (Å²) in [5, 5.41) is 13.6. The highest BCUT2D eigenvalue weighted by Crippen LogP contribution is 2.28. The molecule has 0 radical (unpaired) electrons. The van der Waals surface area contributed by atoms with Gasteiger partial charge in [0.1, 0.15) is 12.7 Å². The minimum Gasteiger partial charge on any atom is -0.711 e. The highest BCUT2D eigenvalue weighted by molar-refractivity contribution is 7.18. The summed E-state index contributed by atoms with van der Waals surface area (Å²) in [6.07, 6.45) is 3.79. The SMILES string of the molecule is Cc1sc2nc(CN3CCN(c4nc5ccccc5n5cccc45)CC3)[n+]([O-])cc2c1C. The molecule has 6 rings (SSSR count). The summed E-state index contributed by atoms with van der Waals surface area (Å²) in [7, 11) is 0. The van der Waals surface area contributed by atoms with E-state index in [9.17, 15) is 5.21 Å². The Morgan fingerprint density at radius 2 is 1.78 bits per heavy atom. The lowest BCUT2D eigenvalue weighted by Gasteiger charge is -2.35. The van der Waals surface area contributed by atoms with Gasteiger partial charge in [-0.25, -0.2) is 9.71 Å². The van der Waals surface area contributed by atoms with Crippen LogP contribution in [0.3, 0.4) is 0 Å². The monoisotopic (exact) mass is 444 g/mol. The van der Waals surface area contributed by atoms with E-state index in [0.29, 0.717) is 12.4 Å². The number of hydrogen-bond acceptors (Lipinski definition) is 6. The summed E-state index contributed by atoms with van der Waals surface area (Å²) in [5.74, 6) is 1.60. The summed E-state index contributed by atoms with van der Waals surface area (Å²) < 4.78 is 3.16. The second-order valence-corrected chi connectivity index (χ2v) is 9.64. The van der Waals surface area contributed by atoms with Crippen molar-refractivity contribution in [2.24, 2.45) is 0 Å².